The highest BCUT2D eigenvalue weighted by molar-refractivity contribution is 9.09. The maximum atomic E-state index is 11.7. The van der Waals surface area contributed by atoms with Gasteiger partial charge in [-0.15, -0.1) is 0 Å². The summed E-state index contributed by atoms with van der Waals surface area (Å²) in [6.07, 6.45) is 11.2. The van der Waals surface area contributed by atoms with Crippen molar-refractivity contribution in [2.24, 2.45) is 0 Å². The summed E-state index contributed by atoms with van der Waals surface area (Å²) >= 11 is 3.32. The number of benzene rings is 3. The molecule has 1 saturated carbocycles. The number of hydrogen-bond acceptors (Lipinski definition) is 6. The Morgan fingerprint density at radius 3 is 2.19 bits per heavy atom. The molecule has 0 aliphatic heterocycles. The molecule has 0 spiro atoms. The number of allylic oxidation sites excluding steroid dienone is 1. The lowest BCUT2D eigenvalue weighted by molar-refractivity contribution is -0.156. The van der Waals surface area contributed by atoms with Gasteiger partial charge < -0.3 is 23.7 Å². The fraction of sp³-hybridized carbons (Fsp3) is 0.333. The number of nitrogens with zero attached hydrogens (tertiary/aromatic N) is 1. The lowest BCUT2D eigenvalue weighted by atomic mass is 9.93. The van der Waals surface area contributed by atoms with Gasteiger partial charge in [0.2, 0.25) is 0 Å². The number of carbonyl (C=O) groups is 1. The molecular formula is C39H44BrNO6. The van der Waals surface area contributed by atoms with Crippen LogP contribution in [-0.2, 0) is 19.0 Å². The molecule has 1 aliphatic carbocycles. The molecule has 4 aromatic rings. The highest BCUT2D eigenvalue weighted by Gasteiger charge is 2.31. The average Bonchev–Trinajstić information content (AvgIpc) is 3.53. The van der Waals surface area contributed by atoms with Crippen LogP contribution < -0.4 is 0 Å². The highest BCUT2D eigenvalue weighted by atomic mass is 79.9. The second kappa shape index (κ2) is 19.8. The van der Waals surface area contributed by atoms with Crippen LogP contribution in [0.3, 0.4) is 0 Å². The van der Waals surface area contributed by atoms with Gasteiger partial charge in [-0.25, -0.2) is 9.78 Å². The molecule has 4 atom stereocenters. The van der Waals surface area contributed by atoms with E-state index in [1.54, 1.807) is 0 Å². The van der Waals surface area contributed by atoms with Crippen LogP contribution in [0.2, 0.25) is 0 Å². The maximum Gasteiger partial charge on any atom is 0.335 e. The summed E-state index contributed by atoms with van der Waals surface area (Å²) in [5.74, 6) is -0.294. The normalized spacial score (nSPS) is 17.7. The van der Waals surface area contributed by atoms with Crippen LogP contribution in [0.25, 0.3) is 12.2 Å². The molecule has 1 aromatic heterocycles. The number of ether oxygens (including phenoxy) is 3. The van der Waals surface area contributed by atoms with Gasteiger partial charge in [-0.05, 0) is 61.8 Å². The predicted octanol–water partition coefficient (Wildman–Crippen LogP) is 9.00. The van der Waals surface area contributed by atoms with E-state index < -0.39 is 12.1 Å². The van der Waals surface area contributed by atoms with Gasteiger partial charge in [-0.3, -0.25) is 0 Å². The lowest BCUT2D eigenvalue weighted by Gasteiger charge is -2.32. The molecule has 1 fully saturated rings. The first kappa shape index (κ1) is 36.0. The Labute approximate surface area is 286 Å². The summed E-state index contributed by atoms with van der Waals surface area (Å²) in [7, 11) is 0. The molecule has 0 radical (unpaired) electrons. The number of aliphatic carboxylic acids is 1. The van der Waals surface area contributed by atoms with E-state index in [0.29, 0.717) is 6.42 Å². The Morgan fingerprint density at radius 2 is 1.57 bits per heavy atom. The van der Waals surface area contributed by atoms with Crippen molar-refractivity contribution in [2.45, 2.75) is 63.9 Å². The molecule has 1 aliphatic rings. The van der Waals surface area contributed by atoms with Gasteiger partial charge in [0.05, 0.1) is 25.4 Å². The summed E-state index contributed by atoms with van der Waals surface area (Å²) in [6, 6.07) is 28.2. The molecule has 0 bridgehead atoms. The van der Waals surface area contributed by atoms with Crippen molar-refractivity contribution in [3.63, 3.8) is 0 Å². The fourth-order valence-electron chi connectivity index (χ4n) is 5.38. The first-order valence-electron chi connectivity index (χ1n) is 16.0. The standard InChI is InChI=1S/C30H35NO6.C9H9Br/c1-21-10-6-7-16-26(21)29(28-22(2)36-20-31-28)37-25-15-8-14-24(18-25)35-19-27(30(32)33)34-17-9-13-23-11-4-3-5-12-23;10-8-4-7-9-5-2-1-3-6-9/h3-7,9-13,16,20,24-25,27,29H,8,14-15,17-19H2,1-2H3,(H,32,33);1-7H,8H2/t24-,25+,27?,29?;/m1./s1. The first-order valence-corrected chi connectivity index (χ1v) is 17.1. The van der Waals surface area contributed by atoms with Gasteiger partial charge in [0.15, 0.2) is 12.5 Å². The van der Waals surface area contributed by atoms with Gasteiger partial charge in [0.1, 0.15) is 17.6 Å². The number of carboxylic acid groups (broad SMARTS) is 1. The fourth-order valence-corrected chi connectivity index (χ4v) is 5.57. The zero-order valence-corrected chi connectivity index (χ0v) is 28.6. The second-order valence-corrected chi connectivity index (χ2v) is 12.0. The summed E-state index contributed by atoms with van der Waals surface area (Å²) < 4.78 is 23.7. The Morgan fingerprint density at radius 1 is 0.936 bits per heavy atom. The van der Waals surface area contributed by atoms with E-state index in [4.69, 9.17) is 18.6 Å². The molecule has 8 heteroatoms. The minimum Gasteiger partial charge on any atom is -0.479 e. The number of rotatable bonds is 14. The maximum absolute atomic E-state index is 11.7. The van der Waals surface area contributed by atoms with Crippen molar-refractivity contribution < 1.29 is 28.5 Å². The average molecular weight is 703 g/mol. The van der Waals surface area contributed by atoms with E-state index in [9.17, 15) is 9.90 Å². The Hall–Kier alpha value is -3.82. The molecule has 1 N–H and O–H groups in total. The van der Waals surface area contributed by atoms with Crippen LogP contribution >= 0.6 is 15.9 Å². The van der Waals surface area contributed by atoms with Crippen LogP contribution in [-0.4, -0.2) is 52.9 Å². The summed E-state index contributed by atoms with van der Waals surface area (Å²) in [6.45, 7) is 4.15. The van der Waals surface area contributed by atoms with Crippen molar-refractivity contribution in [1.82, 2.24) is 4.98 Å². The number of aromatic nitrogens is 1. The number of alkyl halides is 1. The predicted molar refractivity (Wildman–Crippen MR) is 189 cm³/mol. The SMILES string of the molecule is BrCC=Cc1ccccc1.Cc1ccccc1C(O[C@H]1CCC[C@@H](OCC(OCC=Cc2ccccc2)C(=O)O)C1)c1ncoc1C. The zero-order chi connectivity index (χ0) is 33.3. The quantitative estimate of drug-likeness (QED) is 0.131. The highest BCUT2D eigenvalue weighted by Crippen LogP contribution is 2.34. The van der Waals surface area contributed by atoms with Crippen molar-refractivity contribution in [3.05, 3.63) is 137 Å². The minimum atomic E-state index is -1.03. The smallest absolute Gasteiger partial charge is 0.335 e. The van der Waals surface area contributed by atoms with Crippen LogP contribution in [0.1, 0.15) is 65.5 Å². The monoisotopic (exact) mass is 701 g/mol. The minimum absolute atomic E-state index is 0.00445. The van der Waals surface area contributed by atoms with Crippen LogP contribution in [0.5, 0.6) is 0 Å². The number of carboxylic acids is 1. The van der Waals surface area contributed by atoms with E-state index in [1.165, 1.54) is 12.0 Å². The zero-order valence-electron chi connectivity index (χ0n) is 27.0. The van der Waals surface area contributed by atoms with Crippen molar-refractivity contribution in [2.75, 3.05) is 18.5 Å². The van der Waals surface area contributed by atoms with Crippen molar-refractivity contribution in [3.8, 4) is 0 Å². The summed E-state index contributed by atoms with van der Waals surface area (Å²) in [5, 5.41) is 10.5. The molecule has 248 valence electrons. The second-order valence-electron chi connectivity index (χ2n) is 11.4. The molecule has 5 rings (SSSR count). The van der Waals surface area contributed by atoms with Crippen LogP contribution in [0.4, 0.5) is 0 Å². The number of hydrogen-bond donors (Lipinski definition) is 1. The van der Waals surface area contributed by atoms with E-state index in [0.717, 1.165) is 52.7 Å². The third-order valence-corrected chi connectivity index (χ3v) is 8.24. The number of halogens is 1. The lowest BCUT2D eigenvalue weighted by Crippen LogP contribution is -2.35. The van der Waals surface area contributed by atoms with Gasteiger partial charge in [-0.1, -0.05) is 125 Å². The van der Waals surface area contributed by atoms with E-state index in [2.05, 4.69) is 64.3 Å². The molecule has 7 nitrogen and oxygen atoms in total. The number of oxazole rings is 1. The molecule has 3 aromatic carbocycles. The molecule has 47 heavy (non-hydrogen) atoms. The third kappa shape index (κ3) is 12.0. The van der Waals surface area contributed by atoms with Crippen LogP contribution in [0.15, 0.2) is 108 Å². The molecule has 0 amide bonds. The number of aryl methyl sites for hydroxylation is 2. The third-order valence-electron chi connectivity index (χ3n) is 7.87. The Balaban J connectivity index is 0.000000427. The summed E-state index contributed by atoms with van der Waals surface area (Å²) in [5.41, 5.74) is 5.25. The van der Waals surface area contributed by atoms with Crippen molar-refractivity contribution in [1.29, 1.82) is 0 Å². The topological polar surface area (TPSA) is 91.0 Å². The largest absolute Gasteiger partial charge is 0.479 e. The first-order chi connectivity index (χ1) is 22.9. The Bertz CT molecular complexity index is 1540. The molecule has 0 saturated heterocycles. The van der Waals surface area contributed by atoms with Crippen LogP contribution in [0, 0.1) is 13.8 Å². The Kier molecular flexibility index (Phi) is 15.1. The van der Waals surface area contributed by atoms with Gasteiger partial charge in [-0.2, -0.15) is 0 Å². The van der Waals surface area contributed by atoms with E-state index in [-0.39, 0.29) is 31.5 Å². The van der Waals surface area contributed by atoms with E-state index in [1.807, 2.05) is 79.7 Å². The molecule has 2 unspecified atom stereocenters. The molecular weight excluding hydrogens is 658 g/mol. The summed E-state index contributed by atoms with van der Waals surface area (Å²) in [4.78, 5) is 16.2. The molecule has 1 heterocycles. The van der Waals surface area contributed by atoms with Gasteiger partial charge in [0.25, 0.3) is 0 Å². The van der Waals surface area contributed by atoms with Gasteiger partial charge >= 0.3 is 5.97 Å². The van der Waals surface area contributed by atoms with E-state index >= 15 is 0 Å². The van der Waals surface area contributed by atoms with Crippen molar-refractivity contribution >= 4 is 34.1 Å². The van der Waals surface area contributed by atoms with Gasteiger partial charge in [0, 0.05) is 5.33 Å².